The van der Waals surface area contributed by atoms with Gasteiger partial charge in [-0.1, -0.05) is 128 Å². The van der Waals surface area contributed by atoms with Gasteiger partial charge in [0.2, 0.25) is 0 Å². The van der Waals surface area contributed by atoms with E-state index in [9.17, 15) is 131 Å². The van der Waals surface area contributed by atoms with Crippen LogP contribution >= 0.6 is 15.6 Å². The Bertz CT molecular complexity index is 4380. The third kappa shape index (κ3) is 39.6. The summed E-state index contributed by atoms with van der Waals surface area (Å²) in [4.78, 5) is 51.1. The predicted octanol–water partition coefficient (Wildman–Crippen LogP) is 2.31. The highest BCUT2D eigenvalue weighted by Gasteiger charge is 2.59. The second-order valence-corrected chi connectivity index (χ2v) is 41.5. The lowest BCUT2D eigenvalue weighted by molar-refractivity contribution is -0.405. The lowest BCUT2D eigenvalue weighted by atomic mass is 9.95. The van der Waals surface area contributed by atoms with Gasteiger partial charge in [0.15, 0.2) is 44.0 Å². The van der Waals surface area contributed by atoms with Gasteiger partial charge in [-0.05, 0) is 218 Å². The molecule has 0 aromatic carbocycles. The Morgan fingerprint density at radius 1 is 0.306 bits per heavy atom. The van der Waals surface area contributed by atoms with Crippen LogP contribution in [0.5, 0.6) is 0 Å². The van der Waals surface area contributed by atoms with Crippen molar-refractivity contribution < 1.29 is 210 Å². The fraction of sp³-hybridized carbons (Fsp3) is 0.758. The van der Waals surface area contributed by atoms with Crippen LogP contribution in [0.3, 0.4) is 0 Å². The molecular weight excluding hydrogens is 1940 g/mol. The van der Waals surface area contributed by atoms with Gasteiger partial charge < -0.3 is 188 Å². The zero-order valence-corrected chi connectivity index (χ0v) is 86.4. The molecule has 144 heavy (non-hydrogen) atoms. The first-order valence-corrected chi connectivity index (χ1v) is 52.2. The maximum Gasteiger partial charge on any atom is 0.302 e. The summed E-state index contributed by atoms with van der Waals surface area (Å²) in [5.74, 6) is -3.28. The quantitative estimate of drug-likeness (QED) is 0.0236. The fourth-order valence-electron chi connectivity index (χ4n) is 17.0. The third-order valence-corrected chi connectivity index (χ3v) is 28.9. The van der Waals surface area contributed by atoms with Gasteiger partial charge >= 0.3 is 5.97 Å². The van der Waals surface area contributed by atoms with Gasteiger partial charge in [0, 0.05) is 6.92 Å². The predicted molar refractivity (Wildman–Crippen MR) is 508 cm³/mol. The number of carboxylic acids is 1. The molecule has 826 valence electrons. The molecular formula is C99H159O43P2-3. The maximum atomic E-state index is 13.2. The number of carboxylic acid groups (broad SMARTS) is 1. The smallest absolute Gasteiger partial charge is 0.302 e. The summed E-state index contributed by atoms with van der Waals surface area (Å²) in [5, 5.41) is 223. The highest BCUT2D eigenvalue weighted by atomic mass is 31.3. The Morgan fingerprint density at radius 3 is 1.03 bits per heavy atom. The van der Waals surface area contributed by atoms with E-state index in [-0.39, 0.29) is 0 Å². The van der Waals surface area contributed by atoms with Crippen LogP contribution in [0.2, 0.25) is 0 Å². The molecule has 7 rings (SSSR count). The van der Waals surface area contributed by atoms with Crippen molar-refractivity contribution in [1.29, 1.82) is 0 Å². The van der Waals surface area contributed by atoms with E-state index in [1.165, 1.54) is 64.0 Å². The number of rotatable bonds is 56. The molecule has 7 heterocycles. The van der Waals surface area contributed by atoms with Crippen molar-refractivity contribution in [3.63, 3.8) is 0 Å². The minimum absolute atomic E-state index is 0.363. The van der Waals surface area contributed by atoms with Crippen molar-refractivity contribution >= 4 is 27.6 Å². The highest BCUT2D eigenvalue weighted by Crippen LogP contribution is 2.57. The summed E-state index contributed by atoms with van der Waals surface area (Å²) >= 11 is 0. The van der Waals surface area contributed by atoms with Gasteiger partial charge in [-0.25, -0.2) is 4.31 Å². The second-order valence-electron chi connectivity index (χ2n) is 38.6. The first kappa shape index (κ1) is 126. The Hall–Kier alpha value is -4.94. The van der Waals surface area contributed by atoms with Crippen LogP contribution in [0, 0.1) is 0 Å². The van der Waals surface area contributed by atoms with Crippen LogP contribution < -0.4 is 14.9 Å². The normalized spacial score (nSPS) is 36.7. The summed E-state index contributed by atoms with van der Waals surface area (Å²) in [5.41, 5.74) is 14.2. The topological polar surface area (TPSA) is 679 Å². The molecule has 7 saturated heterocycles. The van der Waals surface area contributed by atoms with E-state index in [4.69, 9.17) is 75.4 Å². The van der Waals surface area contributed by atoms with E-state index in [0.717, 1.165) is 128 Å². The molecule has 37 atom stereocenters. The number of carbonyl (C=O) groups is 2. The summed E-state index contributed by atoms with van der Waals surface area (Å²) in [6.07, 6.45) is -31.2. The number of ether oxygens (including phenoxy) is 14. The fourth-order valence-corrected chi connectivity index (χ4v) is 19.1. The van der Waals surface area contributed by atoms with Gasteiger partial charge in [0.25, 0.3) is 15.6 Å². The van der Waals surface area contributed by atoms with Crippen LogP contribution in [0.4, 0.5) is 0 Å². The molecule has 0 saturated carbocycles. The van der Waals surface area contributed by atoms with Crippen molar-refractivity contribution in [3.8, 4) is 0 Å². The van der Waals surface area contributed by atoms with Crippen LogP contribution in [-0.2, 0) is 98.4 Å². The second kappa shape index (κ2) is 61.7. The summed E-state index contributed by atoms with van der Waals surface area (Å²) in [6, 6.07) is 0. The van der Waals surface area contributed by atoms with Gasteiger partial charge in [-0.15, -0.1) is 0 Å². The number of carbonyl (C=O) groups excluding carboxylic acids is 2. The molecule has 0 aromatic heterocycles. The molecule has 7 fully saturated rings. The largest absolute Gasteiger partial charge is 0.756 e. The zero-order chi connectivity index (χ0) is 107. The lowest BCUT2D eigenvalue weighted by Crippen LogP contribution is -2.69. The molecule has 0 aliphatic carbocycles. The van der Waals surface area contributed by atoms with Gasteiger partial charge in [-0.2, -0.15) is 0 Å². The third-order valence-electron chi connectivity index (χ3n) is 26.4. The molecule has 0 spiro atoms. The highest BCUT2D eigenvalue weighted by molar-refractivity contribution is 7.59. The van der Waals surface area contributed by atoms with Gasteiger partial charge in [0.05, 0.1) is 45.1 Å². The summed E-state index contributed by atoms with van der Waals surface area (Å²) in [7, 11) is -12.0. The minimum atomic E-state index is -6.19. The monoisotopic (exact) mass is 2100 g/mol. The van der Waals surface area contributed by atoms with E-state index in [1.807, 2.05) is 6.92 Å². The number of hydrogen-bond donors (Lipinski definition) is 19. The number of aliphatic carboxylic acids is 1. The number of esters is 1. The first-order chi connectivity index (χ1) is 67.9. The lowest BCUT2D eigenvalue weighted by Gasteiger charge is -2.50. The van der Waals surface area contributed by atoms with Crippen molar-refractivity contribution in [2.24, 2.45) is 0 Å². The molecule has 45 heteroatoms. The van der Waals surface area contributed by atoms with Crippen LogP contribution in [0.25, 0.3) is 0 Å². The Kier molecular flexibility index (Phi) is 54.0. The number of aliphatic hydroxyl groups excluding tert-OH is 19. The van der Waals surface area contributed by atoms with E-state index >= 15 is 0 Å². The molecule has 0 amide bonds. The molecule has 7 aliphatic rings. The van der Waals surface area contributed by atoms with Crippen LogP contribution in [0.15, 0.2) is 128 Å². The Balaban J connectivity index is 0.837. The van der Waals surface area contributed by atoms with E-state index in [2.05, 4.69) is 134 Å². The molecule has 0 aromatic rings. The zero-order valence-electron chi connectivity index (χ0n) is 84.6. The first-order valence-electron chi connectivity index (χ1n) is 49.3. The number of phosphoric acid groups is 2. The van der Waals surface area contributed by atoms with Crippen LogP contribution in [-0.4, -0.2) is 364 Å². The molecule has 0 bridgehead atoms. The standard InChI is InChI=1S/C99H162O43P2/c1-15-52(2)26-16-27-53(3)28-17-29-54(4)30-18-31-55(5)32-19-33-56(6)34-20-35-57(7)36-21-37-58(8)38-22-39-59(9)40-23-41-60(10)42-24-43-61(11)44-25-45-62(12)48-129-143(122,123)142-144(124,125)141-98-85(118)79(112)87(66(47-101)132-98)136-97-86(119)88(74(107)65(46-100)131-97)137-99-90(78(111)73(106)67(135-99)49-126-64(14)102)139-96-84(117)80(113)89(91(140-96)92(120)121)138-95-83(116)77(110)72(105)69(134-95)51-128-94-82(115)76(109)71(104)68(133-94)50-127-93-81(114)75(108)70(103)63(13)130-93/h15,27,29,31,33,35,37,39,41,43,45,63,65-91,93-101,103-119H,16-26,28,30,32,34,36,38,40,42,44,46-51H2,1-14H3,(H,120,121)(H,122,123)(H,124,125)/p-3/b52-15-,53-27-,54-29-,55-31-,56-33-,57-35-,58-37-,59-39-,60-41+,61-43+,62-45+/t63-,65+,66+,67+,68+,69+,70-,71+,72+,73+,74+,75+,76-,77-,78-,79+,80+,81+,82+,83+,84+,85+,86+,87+,88-,89-,90-,91-,93+,94+,95+,96+,97-,98+,99+/m0/s1. The van der Waals surface area contributed by atoms with Crippen LogP contribution in [0.1, 0.15) is 225 Å². The number of hydrogen-bond acceptors (Lipinski definition) is 43. The number of phosphoric ester groups is 2. The SMILES string of the molecule is C/C=C(/C)CC/C=C(/C)CC/C=C(/C)CC/C=C(/C)CC/C=C(/C)CC/C=C(/C)CC/C=C(/C)CC/C=C(/C)CC/C=C(\C)CC/C=C(\C)CC/C=C(\C)COP(=O)([O-])OP(=O)([O-])O[C@H]1O[C@H](CO)[C@@H](O[C@@H]2O[C@H](CO)[C@@H](O)[C@H](O[C@H]3O[C@H](COC(C)=O)[C@@H](O)[C@H](O)[C@@H]3O[C@@H]3O[C@H](C(=O)[O-])[C@@H](O[C@H]4O[C@H](CO[C@@H]5O[C@H](CO[C@@H]6O[C@@H](C)[C@H](O)[C@@H](O)[C@H]6O)[C@@H](O)[C@H](O)[C@H]5O)[C@@H](O)[C@H](O)[C@H]4O)[C@H](O)[C@H]3O)[C@H]2O)[C@H](O)[C@H]1O. The molecule has 2 unspecified atom stereocenters. The van der Waals surface area contributed by atoms with E-state index in [1.54, 1.807) is 6.08 Å². The summed E-state index contributed by atoms with van der Waals surface area (Å²) < 4.78 is 118. The van der Waals surface area contributed by atoms with E-state index in [0.29, 0.717) is 18.4 Å². The summed E-state index contributed by atoms with van der Waals surface area (Å²) in [6.45, 7) is 22.0. The van der Waals surface area contributed by atoms with Crippen molar-refractivity contribution in [2.45, 2.75) is 440 Å². The average molecular weight is 2100 g/mol. The Morgan fingerprint density at radius 2 is 0.611 bits per heavy atom. The number of allylic oxidation sites excluding steroid dienone is 21. The van der Waals surface area contributed by atoms with Crippen molar-refractivity contribution in [3.05, 3.63) is 128 Å². The van der Waals surface area contributed by atoms with Crippen molar-refractivity contribution in [2.75, 3.05) is 39.6 Å². The van der Waals surface area contributed by atoms with E-state index < -0.39 is 282 Å². The molecule has 0 radical (unpaired) electrons. The molecule has 7 aliphatic heterocycles. The number of aliphatic hydroxyl groups is 19. The molecule has 43 nitrogen and oxygen atoms in total. The van der Waals surface area contributed by atoms with Gasteiger partial charge in [-0.3, -0.25) is 18.4 Å². The molecule has 19 N–H and O–H groups in total. The Labute approximate surface area is 842 Å². The maximum absolute atomic E-state index is 13.2. The minimum Gasteiger partial charge on any atom is -0.756 e. The average Bonchev–Trinajstić information content (AvgIpc) is 0.762. The van der Waals surface area contributed by atoms with Crippen molar-refractivity contribution in [1.82, 2.24) is 0 Å². The van der Waals surface area contributed by atoms with Gasteiger partial charge in [0.1, 0.15) is 171 Å².